The molecule has 1 aliphatic heterocycles. The van der Waals surface area contributed by atoms with Crippen molar-refractivity contribution >= 4 is 17.4 Å². The van der Waals surface area contributed by atoms with Crippen LogP contribution >= 0.6 is 0 Å². The van der Waals surface area contributed by atoms with Gasteiger partial charge in [-0.2, -0.15) is 0 Å². The number of methoxy groups -OCH3 is 2. The molecule has 2 aromatic carbocycles. The molecular weight excluding hydrogens is 422 g/mol. The summed E-state index contributed by atoms with van der Waals surface area (Å²) in [4.78, 5) is 27.6. The van der Waals surface area contributed by atoms with Gasteiger partial charge in [-0.25, -0.2) is 0 Å². The Kier molecular flexibility index (Phi) is 8.11. The van der Waals surface area contributed by atoms with E-state index in [4.69, 9.17) is 14.2 Å². The number of aliphatic hydroxyl groups excluding tert-OH is 1. The topological polar surface area (TPSA) is 85.3 Å². The fraction of sp³-hybridized carbons (Fsp3) is 0.385. The van der Waals surface area contributed by atoms with Gasteiger partial charge in [-0.15, -0.1) is 0 Å². The Morgan fingerprint density at radius 1 is 1.06 bits per heavy atom. The number of ketones is 1. The molecule has 7 nitrogen and oxygen atoms in total. The smallest absolute Gasteiger partial charge is 0.295 e. The fourth-order valence-electron chi connectivity index (χ4n) is 3.95. The molecule has 1 amide bonds. The molecule has 0 spiro atoms. The number of nitrogens with zero attached hydrogens (tertiary/aromatic N) is 1. The summed E-state index contributed by atoms with van der Waals surface area (Å²) >= 11 is 0. The van der Waals surface area contributed by atoms with Gasteiger partial charge in [0.15, 0.2) is 0 Å². The van der Waals surface area contributed by atoms with Gasteiger partial charge in [-0.3, -0.25) is 9.59 Å². The number of hydrogen-bond acceptors (Lipinski definition) is 6. The second-order valence-corrected chi connectivity index (χ2v) is 7.96. The lowest BCUT2D eigenvalue weighted by Crippen LogP contribution is -2.31. The molecule has 1 unspecified atom stereocenters. The molecule has 0 bridgehead atoms. The van der Waals surface area contributed by atoms with Gasteiger partial charge in [0.05, 0.1) is 30.9 Å². The molecule has 176 valence electrons. The van der Waals surface area contributed by atoms with E-state index in [0.29, 0.717) is 48.8 Å². The normalized spacial score (nSPS) is 17.5. The molecular formula is C26H31NO6. The lowest BCUT2D eigenvalue weighted by atomic mass is 9.94. The third kappa shape index (κ3) is 5.20. The first-order valence-corrected chi connectivity index (χ1v) is 11.1. The van der Waals surface area contributed by atoms with Crippen molar-refractivity contribution in [3.63, 3.8) is 0 Å². The highest BCUT2D eigenvalue weighted by molar-refractivity contribution is 6.46. The summed E-state index contributed by atoms with van der Waals surface area (Å²) in [5.41, 5.74) is 2.02. The number of Topliss-reactive ketones (excluding diaryl/α,β-unsaturated/α-hetero) is 1. The van der Waals surface area contributed by atoms with Crippen molar-refractivity contribution in [2.24, 2.45) is 0 Å². The van der Waals surface area contributed by atoms with Crippen LogP contribution in [0.2, 0.25) is 0 Å². The number of likely N-dealkylation sites (tertiary alicyclic amines) is 1. The minimum atomic E-state index is -0.729. The molecule has 0 aliphatic carbocycles. The molecule has 1 saturated heterocycles. The summed E-state index contributed by atoms with van der Waals surface area (Å²) in [6.07, 6.45) is 1.45. The molecule has 1 atom stereocenters. The highest BCUT2D eigenvalue weighted by Crippen LogP contribution is 2.41. The first-order valence-electron chi connectivity index (χ1n) is 11.1. The number of hydrogen-bond donors (Lipinski definition) is 1. The fourth-order valence-corrected chi connectivity index (χ4v) is 3.95. The Morgan fingerprint density at radius 2 is 1.79 bits per heavy atom. The summed E-state index contributed by atoms with van der Waals surface area (Å²) in [5.74, 6) is -0.483. The van der Waals surface area contributed by atoms with Gasteiger partial charge in [0, 0.05) is 20.3 Å². The zero-order valence-corrected chi connectivity index (χ0v) is 19.6. The maximum atomic E-state index is 13.1. The standard InChI is InChI=1S/C26H31NO6/c1-5-14-33-19-10-8-18(9-11-19)23-22(25(29)26(30)27(23)13-6-15-31-3)24(28)20-16-17(2)7-12-21(20)32-4/h7-12,16,23,28H,5-6,13-15H2,1-4H3/b24-22+. The summed E-state index contributed by atoms with van der Waals surface area (Å²) in [6.45, 7) is 5.28. The molecule has 1 N–H and O–H groups in total. The Bertz CT molecular complexity index is 1030. The zero-order chi connectivity index (χ0) is 24.0. The van der Waals surface area contributed by atoms with Gasteiger partial charge < -0.3 is 24.2 Å². The predicted molar refractivity (Wildman–Crippen MR) is 125 cm³/mol. The number of aliphatic hydroxyl groups is 1. The molecule has 2 aromatic rings. The van der Waals surface area contributed by atoms with Crippen LogP contribution in [-0.4, -0.2) is 55.7 Å². The van der Waals surface area contributed by atoms with Crippen LogP contribution in [0.1, 0.15) is 42.5 Å². The van der Waals surface area contributed by atoms with E-state index in [9.17, 15) is 14.7 Å². The first-order chi connectivity index (χ1) is 15.9. The summed E-state index contributed by atoms with van der Waals surface area (Å²) in [6, 6.07) is 11.9. The highest BCUT2D eigenvalue weighted by atomic mass is 16.5. The van der Waals surface area contributed by atoms with Crippen LogP contribution in [0.4, 0.5) is 0 Å². The van der Waals surface area contributed by atoms with Gasteiger partial charge in [0.1, 0.15) is 17.3 Å². The average molecular weight is 454 g/mol. The minimum Gasteiger partial charge on any atom is -0.507 e. The van der Waals surface area contributed by atoms with E-state index in [1.165, 1.54) is 12.0 Å². The molecule has 33 heavy (non-hydrogen) atoms. The van der Waals surface area contributed by atoms with Gasteiger partial charge in [0.2, 0.25) is 0 Å². The number of amides is 1. The molecule has 7 heteroatoms. The van der Waals surface area contributed by atoms with Crippen molar-refractivity contribution in [3.05, 3.63) is 64.7 Å². The Balaban J connectivity index is 2.12. The van der Waals surface area contributed by atoms with Crippen LogP contribution < -0.4 is 9.47 Å². The van der Waals surface area contributed by atoms with Crippen LogP contribution in [0.5, 0.6) is 11.5 Å². The second kappa shape index (κ2) is 11.0. The number of rotatable bonds is 10. The Hall–Kier alpha value is -3.32. The van der Waals surface area contributed by atoms with E-state index in [1.807, 2.05) is 44.2 Å². The van der Waals surface area contributed by atoms with Crippen LogP contribution in [0, 0.1) is 6.92 Å². The summed E-state index contributed by atoms with van der Waals surface area (Å²) < 4.78 is 16.2. The molecule has 1 aliphatic rings. The first kappa shape index (κ1) is 24.3. The highest BCUT2D eigenvalue weighted by Gasteiger charge is 2.46. The van der Waals surface area contributed by atoms with E-state index >= 15 is 0 Å². The Morgan fingerprint density at radius 3 is 2.42 bits per heavy atom. The monoisotopic (exact) mass is 453 g/mol. The molecule has 0 saturated carbocycles. The zero-order valence-electron chi connectivity index (χ0n) is 19.6. The van der Waals surface area contributed by atoms with Crippen LogP contribution in [0.3, 0.4) is 0 Å². The van der Waals surface area contributed by atoms with Gasteiger partial charge >= 0.3 is 0 Å². The van der Waals surface area contributed by atoms with Gasteiger partial charge in [0.25, 0.3) is 11.7 Å². The second-order valence-electron chi connectivity index (χ2n) is 7.96. The lowest BCUT2D eigenvalue weighted by molar-refractivity contribution is -0.140. The quantitative estimate of drug-likeness (QED) is 0.251. The van der Waals surface area contributed by atoms with Crippen molar-refractivity contribution < 1.29 is 28.9 Å². The predicted octanol–water partition coefficient (Wildman–Crippen LogP) is 4.25. The third-order valence-corrected chi connectivity index (χ3v) is 5.57. The van der Waals surface area contributed by atoms with Crippen molar-refractivity contribution in [2.45, 2.75) is 32.7 Å². The molecule has 1 heterocycles. The van der Waals surface area contributed by atoms with Crippen LogP contribution in [0.25, 0.3) is 5.76 Å². The number of carbonyl (C=O) groups is 2. The van der Waals surface area contributed by atoms with E-state index in [0.717, 1.165) is 12.0 Å². The van der Waals surface area contributed by atoms with E-state index in [2.05, 4.69) is 0 Å². The molecule has 0 aromatic heterocycles. The number of aryl methyl sites for hydroxylation is 1. The number of benzene rings is 2. The van der Waals surface area contributed by atoms with Crippen molar-refractivity contribution in [3.8, 4) is 11.5 Å². The maximum absolute atomic E-state index is 13.1. The van der Waals surface area contributed by atoms with Crippen molar-refractivity contribution in [1.29, 1.82) is 0 Å². The van der Waals surface area contributed by atoms with E-state index < -0.39 is 17.7 Å². The summed E-state index contributed by atoms with van der Waals surface area (Å²) in [7, 11) is 3.09. The maximum Gasteiger partial charge on any atom is 0.295 e. The third-order valence-electron chi connectivity index (χ3n) is 5.57. The minimum absolute atomic E-state index is 0.0449. The van der Waals surface area contributed by atoms with Gasteiger partial charge in [-0.05, 0) is 49.6 Å². The average Bonchev–Trinajstić information content (AvgIpc) is 3.07. The lowest BCUT2D eigenvalue weighted by Gasteiger charge is -2.25. The van der Waals surface area contributed by atoms with E-state index in [1.54, 1.807) is 19.2 Å². The number of carbonyl (C=O) groups excluding carboxylic acids is 2. The Labute approximate surface area is 194 Å². The summed E-state index contributed by atoms with van der Waals surface area (Å²) in [5, 5.41) is 11.3. The largest absolute Gasteiger partial charge is 0.507 e. The SMILES string of the molecule is CCCOc1ccc(C2/C(=C(\O)c3cc(C)ccc3OC)C(=O)C(=O)N2CCCOC)cc1. The van der Waals surface area contributed by atoms with Crippen molar-refractivity contribution in [1.82, 2.24) is 4.90 Å². The van der Waals surface area contributed by atoms with Crippen LogP contribution in [0.15, 0.2) is 48.0 Å². The van der Waals surface area contributed by atoms with Crippen molar-refractivity contribution in [2.75, 3.05) is 34.0 Å². The van der Waals surface area contributed by atoms with Gasteiger partial charge in [-0.1, -0.05) is 30.7 Å². The number of ether oxygens (including phenoxy) is 3. The molecule has 1 fully saturated rings. The van der Waals surface area contributed by atoms with Crippen LogP contribution in [-0.2, 0) is 14.3 Å². The van der Waals surface area contributed by atoms with E-state index in [-0.39, 0.29) is 11.3 Å². The molecule has 0 radical (unpaired) electrons. The molecule has 3 rings (SSSR count).